The van der Waals surface area contributed by atoms with Gasteiger partial charge < -0.3 is 9.84 Å². The van der Waals surface area contributed by atoms with Crippen molar-refractivity contribution in [3.05, 3.63) is 65.5 Å². The van der Waals surface area contributed by atoms with Crippen molar-refractivity contribution < 1.29 is 14.6 Å². The van der Waals surface area contributed by atoms with Gasteiger partial charge >= 0.3 is 6.09 Å². The number of hydrogen-bond donors (Lipinski definition) is 1. The maximum absolute atomic E-state index is 12.8. The van der Waals surface area contributed by atoms with Gasteiger partial charge in [-0.1, -0.05) is 42.5 Å². The van der Waals surface area contributed by atoms with Gasteiger partial charge in [-0.15, -0.1) is 0 Å². The summed E-state index contributed by atoms with van der Waals surface area (Å²) in [5.41, 5.74) is 2.69. The first-order valence-corrected chi connectivity index (χ1v) is 8.26. The van der Waals surface area contributed by atoms with Crippen molar-refractivity contribution in [2.75, 3.05) is 0 Å². The van der Waals surface area contributed by atoms with E-state index in [9.17, 15) is 9.90 Å². The smallest absolute Gasteiger partial charge is 0.420 e. The Morgan fingerprint density at radius 2 is 1.88 bits per heavy atom. The zero-order valence-electron chi connectivity index (χ0n) is 14.7. The number of nitrogens with zero attached hydrogens (tertiary/aromatic N) is 2. The second-order valence-electron chi connectivity index (χ2n) is 6.75. The maximum Gasteiger partial charge on any atom is 0.420 e. The summed E-state index contributed by atoms with van der Waals surface area (Å²) in [7, 11) is 0. The molecule has 0 aliphatic rings. The predicted molar refractivity (Wildman–Crippen MR) is 96.5 cm³/mol. The van der Waals surface area contributed by atoms with Gasteiger partial charge in [0.25, 0.3) is 0 Å². The van der Waals surface area contributed by atoms with Crippen molar-refractivity contribution in [2.24, 2.45) is 0 Å². The van der Waals surface area contributed by atoms with Crippen LogP contribution < -0.4 is 0 Å². The second-order valence-corrected chi connectivity index (χ2v) is 6.75. The van der Waals surface area contributed by atoms with Crippen molar-refractivity contribution in [3.63, 3.8) is 0 Å². The van der Waals surface area contributed by atoms with Gasteiger partial charge in [0.1, 0.15) is 18.0 Å². The summed E-state index contributed by atoms with van der Waals surface area (Å²) in [6.45, 7) is 5.34. The summed E-state index contributed by atoms with van der Waals surface area (Å²) >= 11 is 0. The van der Waals surface area contributed by atoms with E-state index >= 15 is 0 Å². The van der Waals surface area contributed by atoms with E-state index in [1.165, 1.54) is 4.57 Å². The van der Waals surface area contributed by atoms with Crippen LogP contribution in [0, 0.1) is 6.92 Å². The van der Waals surface area contributed by atoms with Crippen LogP contribution in [-0.4, -0.2) is 26.4 Å². The average Bonchev–Trinajstić information content (AvgIpc) is 2.95. The second kappa shape index (κ2) is 6.69. The lowest BCUT2D eigenvalue weighted by molar-refractivity contribution is 0.0398. The van der Waals surface area contributed by atoms with E-state index in [0.717, 1.165) is 11.1 Å². The first-order chi connectivity index (χ1) is 11.9. The molecule has 130 valence electrons. The number of aryl methyl sites for hydroxylation is 1. The number of para-hydroxylation sites is 1. The van der Waals surface area contributed by atoms with E-state index in [2.05, 4.69) is 4.98 Å². The molecule has 5 heteroatoms. The van der Waals surface area contributed by atoms with Crippen LogP contribution in [0.5, 0.6) is 0 Å². The third-order valence-corrected chi connectivity index (χ3v) is 4.12. The largest absolute Gasteiger partial charge is 0.443 e. The molecule has 25 heavy (non-hydrogen) atoms. The summed E-state index contributed by atoms with van der Waals surface area (Å²) in [6, 6.07) is 15.5. The van der Waals surface area contributed by atoms with Crippen molar-refractivity contribution >= 4 is 17.1 Å². The number of carbonyl (C=O) groups excluding carboxylic acids is 1. The molecule has 1 heterocycles. The summed E-state index contributed by atoms with van der Waals surface area (Å²) in [5.74, 6) is 0.282. The third-order valence-electron chi connectivity index (χ3n) is 4.12. The quantitative estimate of drug-likeness (QED) is 0.785. The van der Waals surface area contributed by atoms with Gasteiger partial charge in [0.05, 0.1) is 11.0 Å². The molecule has 3 aromatic rings. The predicted octanol–water partition coefficient (Wildman–Crippen LogP) is 3.84. The number of rotatable bonds is 4. The standard InChI is InChI=1S/C20H22N2O3/c1-14-8-7-11-16-18(14)21-17(13-23)22(16)19(24)25-20(2,3)12-15-9-5-4-6-10-15/h4-11,23H,12-13H2,1-3H3. The van der Waals surface area contributed by atoms with Gasteiger partial charge in [-0.3, -0.25) is 0 Å². The Balaban J connectivity index is 1.90. The van der Waals surface area contributed by atoms with Crippen molar-refractivity contribution in [1.82, 2.24) is 9.55 Å². The van der Waals surface area contributed by atoms with Gasteiger partial charge in [0.2, 0.25) is 0 Å². The van der Waals surface area contributed by atoms with Gasteiger partial charge in [0.15, 0.2) is 0 Å². The molecule has 0 amide bonds. The fourth-order valence-electron chi connectivity index (χ4n) is 3.00. The molecule has 0 unspecified atom stereocenters. The molecular formula is C20H22N2O3. The molecule has 0 radical (unpaired) electrons. The third kappa shape index (κ3) is 3.56. The number of ether oxygens (including phenoxy) is 1. The van der Waals surface area contributed by atoms with E-state index < -0.39 is 11.7 Å². The van der Waals surface area contributed by atoms with E-state index in [-0.39, 0.29) is 12.4 Å². The van der Waals surface area contributed by atoms with Gasteiger partial charge in [-0.2, -0.15) is 0 Å². The van der Waals surface area contributed by atoms with Crippen LogP contribution in [0.25, 0.3) is 11.0 Å². The molecule has 1 aromatic heterocycles. The van der Waals surface area contributed by atoms with E-state index in [0.29, 0.717) is 17.5 Å². The van der Waals surface area contributed by atoms with E-state index in [4.69, 9.17) is 4.74 Å². The molecular weight excluding hydrogens is 316 g/mol. The Morgan fingerprint density at radius 1 is 1.16 bits per heavy atom. The lowest BCUT2D eigenvalue weighted by Crippen LogP contribution is -2.33. The Labute approximate surface area is 146 Å². The van der Waals surface area contributed by atoms with Crippen molar-refractivity contribution in [1.29, 1.82) is 0 Å². The number of benzene rings is 2. The minimum absolute atomic E-state index is 0.282. The highest BCUT2D eigenvalue weighted by Crippen LogP contribution is 2.23. The number of fused-ring (bicyclic) bond motifs is 1. The first kappa shape index (κ1) is 17.2. The van der Waals surface area contributed by atoms with Crippen LogP contribution in [0.15, 0.2) is 48.5 Å². The van der Waals surface area contributed by atoms with Crippen LogP contribution in [0.4, 0.5) is 4.79 Å². The Morgan fingerprint density at radius 3 is 2.56 bits per heavy atom. The molecule has 0 spiro atoms. The highest BCUT2D eigenvalue weighted by atomic mass is 16.6. The Bertz CT molecular complexity index is 898. The minimum atomic E-state index is -0.689. The highest BCUT2D eigenvalue weighted by Gasteiger charge is 2.27. The summed E-state index contributed by atoms with van der Waals surface area (Å²) in [6.07, 6.45) is 0.0674. The summed E-state index contributed by atoms with van der Waals surface area (Å²) in [4.78, 5) is 17.2. The zero-order chi connectivity index (χ0) is 18.0. The molecule has 0 fully saturated rings. The molecule has 5 nitrogen and oxygen atoms in total. The topological polar surface area (TPSA) is 64.4 Å². The van der Waals surface area contributed by atoms with Crippen LogP contribution in [0.1, 0.15) is 30.8 Å². The normalized spacial score (nSPS) is 11.7. The molecule has 0 saturated carbocycles. The maximum atomic E-state index is 12.8. The number of hydrogen-bond acceptors (Lipinski definition) is 4. The van der Waals surface area contributed by atoms with Crippen LogP contribution in [-0.2, 0) is 17.8 Å². The average molecular weight is 338 g/mol. The van der Waals surface area contributed by atoms with Crippen LogP contribution >= 0.6 is 0 Å². The number of imidazole rings is 1. The molecule has 0 bridgehead atoms. The van der Waals surface area contributed by atoms with Gasteiger partial charge in [-0.25, -0.2) is 14.3 Å². The van der Waals surface area contributed by atoms with Crippen LogP contribution in [0.3, 0.4) is 0 Å². The molecule has 3 rings (SSSR count). The van der Waals surface area contributed by atoms with Gasteiger partial charge in [0, 0.05) is 6.42 Å². The molecule has 2 aromatic carbocycles. The van der Waals surface area contributed by atoms with Gasteiger partial charge in [-0.05, 0) is 38.0 Å². The number of aromatic nitrogens is 2. The zero-order valence-corrected chi connectivity index (χ0v) is 14.7. The molecule has 0 saturated heterocycles. The van der Waals surface area contributed by atoms with E-state index in [1.807, 2.05) is 63.2 Å². The summed E-state index contributed by atoms with van der Waals surface area (Å²) < 4.78 is 7.11. The molecule has 0 aliphatic heterocycles. The lowest BCUT2D eigenvalue weighted by Gasteiger charge is -2.25. The molecule has 1 N–H and O–H groups in total. The molecule has 0 aliphatic carbocycles. The summed E-state index contributed by atoms with van der Waals surface area (Å²) in [5, 5.41) is 9.60. The Hall–Kier alpha value is -2.66. The Kier molecular flexibility index (Phi) is 4.59. The fraction of sp³-hybridized carbons (Fsp3) is 0.300. The van der Waals surface area contributed by atoms with Crippen LogP contribution in [0.2, 0.25) is 0 Å². The monoisotopic (exact) mass is 338 g/mol. The fourth-order valence-corrected chi connectivity index (χ4v) is 3.00. The molecule has 0 atom stereocenters. The SMILES string of the molecule is Cc1cccc2c1nc(CO)n2C(=O)OC(C)(C)Cc1ccccc1. The highest BCUT2D eigenvalue weighted by molar-refractivity contribution is 5.89. The number of carbonyl (C=O) groups is 1. The van der Waals surface area contributed by atoms with E-state index in [1.54, 1.807) is 6.07 Å². The number of aliphatic hydroxyl groups excluding tert-OH is 1. The first-order valence-electron chi connectivity index (χ1n) is 8.26. The van der Waals surface area contributed by atoms with Crippen molar-refractivity contribution in [2.45, 2.75) is 39.4 Å². The van der Waals surface area contributed by atoms with Crippen molar-refractivity contribution in [3.8, 4) is 0 Å². The lowest BCUT2D eigenvalue weighted by atomic mass is 9.98. The number of aliphatic hydroxyl groups is 1. The minimum Gasteiger partial charge on any atom is -0.443 e.